The van der Waals surface area contributed by atoms with Gasteiger partial charge in [-0.2, -0.15) is 0 Å². The lowest BCUT2D eigenvalue weighted by atomic mass is 10.3. The van der Waals surface area contributed by atoms with Gasteiger partial charge in [-0.15, -0.1) is 24.0 Å². The van der Waals surface area contributed by atoms with E-state index in [-0.39, 0.29) is 35.9 Å². The van der Waals surface area contributed by atoms with Crippen LogP contribution in [0.1, 0.15) is 32.6 Å². The fraction of sp³-hybridized carbons (Fsp3) is 0.632. The van der Waals surface area contributed by atoms with Crippen molar-refractivity contribution in [3.8, 4) is 5.75 Å². The highest BCUT2D eigenvalue weighted by molar-refractivity contribution is 14.0. The van der Waals surface area contributed by atoms with Crippen molar-refractivity contribution in [2.45, 2.75) is 38.7 Å². The first kappa shape index (κ1) is 23.0. The topological polar surface area (TPSA) is 48.9 Å². The minimum absolute atomic E-state index is 0. The van der Waals surface area contributed by atoms with Gasteiger partial charge in [0.1, 0.15) is 17.7 Å². The molecule has 26 heavy (non-hydrogen) atoms. The van der Waals surface area contributed by atoms with E-state index in [1.807, 2.05) is 6.92 Å². The Kier molecular flexibility index (Phi) is 11.6. The van der Waals surface area contributed by atoms with E-state index in [2.05, 4.69) is 20.5 Å². The third-order valence-corrected chi connectivity index (χ3v) is 4.31. The summed E-state index contributed by atoms with van der Waals surface area (Å²) in [7, 11) is 1.76. The number of aliphatic imine (C=N–C) groups is 1. The fourth-order valence-electron chi connectivity index (χ4n) is 2.95. The maximum atomic E-state index is 13.2. The van der Waals surface area contributed by atoms with E-state index in [1.165, 1.54) is 51.0 Å². The van der Waals surface area contributed by atoms with E-state index in [0.717, 1.165) is 18.9 Å². The van der Waals surface area contributed by atoms with Crippen molar-refractivity contribution in [3.63, 3.8) is 0 Å². The number of nitrogens with zero attached hydrogens (tertiary/aromatic N) is 2. The molecule has 0 spiro atoms. The Morgan fingerprint density at radius 2 is 2.04 bits per heavy atom. The summed E-state index contributed by atoms with van der Waals surface area (Å²) in [4.78, 5) is 6.76. The monoisotopic (exact) mass is 478 g/mol. The van der Waals surface area contributed by atoms with Crippen molar-refractivity contribution in [2.24, 2.45) is 4.99 Å². The van der Waals surface area contributed by atoms with Gasteiger partial charge in [0.05, 0.1) is 6.54 Å². The molecule has 2 rings (SSSR count). The molecule has 7 heteroatoms. The highest BCUT2D eigenvalue weighted by atomic mass is 127. The van der Waals surface area contributed by atoms with Crippen LogP contribution in [0.2, 0.25) is 0 Å². The van der Waals surface area contributed by atoms with Crippen LogP contribution in [0, 0.1) is 5.82 Å². The number of benzene rings is 1. The number of hydrogen-bond donors (Lipinski definition) is 2. The van der Waals surface area contributed by atoms with Crippen LogP contribution in [0.4, 0.5) is 4.39 Å². The van der Waals surface area contributed by atoms with Crippen LogP contribution >= 0.6 is 24.0 Å². The lowest BCUT2D eigenvalue weighted by Crippen LogP contribution is -2.42. The van der Waals surface area contributed by atoms with Gasteiger partial charge in [-0.1, -0.05) is 6.07 Å². The first-order chi connectivity index (χ1) is 12.2. The molecule has 1 aromatic carbocycles. The van der Waals surface area contributed by atoms with Crippen LogP contribution in [0.3, 0.4) is 0 Å². The zero-order valence-corrected chi connectivity index (χ0v) is 18.2. The third-order valence-electron chi connectivity index (χ3n) is 4.31. The van der Waals surface area contributed by atoms with Crippen molar-refractivity contribution in [1.82, 2.24) is 15.5 Å². The Morgan fingerprint density at radius 1 is 1.27 bits per heavy atom. The number of ether oxygens (including phenoxy) is 1. The molecule has 1 fully saturated rings. The molecule has 0 bridgehead atoms. The Balaban J connectivity index is 0.00000338. The SMILES string of the molecule is CN=C(NCCCCN1CCCC1)NCC(C)Oc1cccc(F)c1.I. The molecule has 1 aliphatic rings. The molecule has 1 atom stereocenters. The summed E-state index contributed by atoms with van der Waals surface area (Å²) >= 11 is 0. The number of hydrogen-bond acceptors (Lipinski definition) is 3. The highest BCUT2D eigenvalue weighted by Crippen LogP contribution is 2.13. The summed E-state index contributed by atoms with van der Waals surface area (Å²) in [6.07, 6.45) is 4.96. The van der Waals surface area contributed by atoms with Crippen molar-refractivity contribution < 1.29 is 9.13 Å². The van der Waals surface area contributed by atoms with E-state index in [1.54, 1.807) is 19.2 Å². The molecule has 0 aliphatic carbocycles. The second-order valence-electron chi connectivity index (χ2n) is 6.52. The fourth-order valence-corrected chi connectivity index (χ4v) is 2.95. The Morgan fingerprint density at radius 3 is 2.73 bits per heavy atom. The summed E-state index contributed by atoms with van der Waals surface area (Å²) in [5.41, 5.74) is 0. The minimum atomic E-state index is -0.288. The number of likely N-dealkylation sites (tertiary alicyclic amines) is 1. The second kappa shape index (κ2) is 13.1. The summed E-state index contributed by atoms with van der Waals surface area (Å²) in [6.45, 7) is 7.18. The lowest BCUT2D eigenvalue weighted by molar-refractivity contribution is 0.223. The van der Waals surface area contributed by atoms with Crippen molar-refractivity contribution in [1.29, 1.82) is 0 Å². The molecule has 1 aromatic rings. The first-order valence-corrected chi connectivity index (χ1v) is 9.26. The molecular formula is C19H32FIN4O. The number of guanidine groups is 1. The Bertz CT molecular complexity index is 538. The highest BCUT2D eigenvalue weighted by Gasteiger charge is 2.10. The van der Waals surface area contributed by atoms with Crippen molar-refractivity contribution in [2.75, 3.05) is 39.8 Å². The standard InChI is InChI=1S/C19H31FN4O.HI/c1-16(25-18-9-7-8-17(20)14-18)15-23-19(21-2)22-10-3-4-11-24-12-5-6-13-24;/h7-9,14,16H,3-6,10-13,15H2,1-2H3,(H2,21,22,23);1H. The van der Waals surface area contributed by atoms with Gasteiger partial charge in [-0.3, -0.25) is 4.99 Å². The normalized spacial score (nSPS) is 16.0. The molecule has 1 heterocycles. The Labute approximate surface area is 173 Å². The molecule has 1 aliphatic heterocycles. The molecule has 0 saturated carbocycles. The van der Waals surface area contributed by atoms with Crippen molar-refractivity contribution in [3.05, 3.63) is 30.1 Å². The van der Waals surface area contributed by atoms with Gasteiger partial charge >= 0.3 is 0 Å². The molecular weight excluding hydrogens is 446 g/mol. The molecule has 5 nitrogen and oxygen atoms in total. The van der Waals surface area contributed by atoms with Gasteiger partial charge in [0.2, 0.25) is 0 Å². The Hall–Kier alpha value is -1.09. The van der Waals surface area contributed by atoms with Crippen LogP contribution in [0.25, 0.3) is 0 Å². The largest absolute Gasteiger partial charge is 0.489 e. The van der Waals surface area contributed by atoms with Gasteiger partial charge in [0.15, 0.2) is 5.96 Å². The summed E-state index contributed by atoms with van der Waals surface area (Å²) in [5, 5.41) is 6.57. The minimum Gasteiger partial charge on any atom is -0.489 e. The summed E-state index contributed by atoms with van der Waals surface area (Å²) in [5.74, 6) is 1.03. The quantitative estimate of drug-likeness (QED) is 0.248. The van der Waals surface area contributed by atoms with Crippen molar-refractivity contribution >= 4 is 29.9 Å². The molecule has 148 valence electrons. The molecule has 1 unspecified atom stereocenters. The molecule has 0 amide bonds. The van der Waals surface area contributed by atoms with Crippen LogP contribution in [0.15, 0.2) is 29.3 Å². The van der Waals surface area contributed by atoms with Gasteiger partial charge in [-0.05, 0) is 64.4 Å². The number of halogens is 2. The lowest BCUT2D eigenvalue weighted by Gasteiger charge is -2.18. The van der Waals surface area contributed by atoms with E-state index >= 15 is 0 Å². The third kappa shape index (κ3) is 9.02. The maximum absolute atomic E-state index is 13.2. The van der Waals surface area contributed by atoms with Crippen LogP contribution in [-0.2, 0) is 0 Å². The van der Waals surface area contributed by atoms with E-state index in [4.69, 9.17) is 4.74 Å². The summed E-state index contributed by atoms with van der Waals surface area (Å²) < 4.78 is 18.9. The number of unbranched alkanes of at least 4 members (excludes halogenated alkanes) is 1. The second-order valence-corrected chi connectivity index (χ2v) is 6.52. The average Bonchev–Trinajstić information content (AvgIpc) is 3.10. The predicted molar refractivity (Wildman–Crippen MR) is 116 cm³/mol. The van der Waals surface area contributed by atoms with E-state index in [9.17, 15) is 4.39 Å². The van der Waals surface area contributed by atoms with Crippen LogP contribution < -0.4 is 15.4 Å². The van der Waals surface area contributed by atoms with Crippen LogP contribution in [-0.4, -0.2) is 56.7 Å². The first-order valence-electron chi connectivity index (χ1n) is 9.26. The molecule has 1 saturated heterocycles. The van der Waals surface area contributed by atoms with Gasteiger partial charge in [0.25, 0.3) is 0 Å². The van der Waals surface area contributed by atoms with Crippen LogP contribution in [0.5, 0.6) is 5.75 Å². The van der Waals surface area contributed by atoms with Gasteiger partial charge in [-0.25, -0.2) is 4.39 Å². The molecule has 2 N–H and O–H groups in total. The van der Waals surface area contributed by atoms with E-state index < -0.39 is 0 Å². The predicted octanol–water partition coefficient (Wildman–Crippen LogP) is 3.25. The zero-order valence-electron chi connectivity index (χ0n) is 15.8. The smallest absolute Gasteiger partial charge is 0.191 e. The average molecular weight is 478 g/mol. The number of nitrogens with one attached hydrogen (secondary N) is 2. The van der Waals surface area contributed by atoms with Gasteiger partial charge < -0.3 is 20.3 Å². The zero-order chi connectivity index (χ0) is 17.9. The molecule has 0 aromatic heterocycles. The van der Waals surface area contributed by atoms with Gasteiger partial charge in [0, 0.05) is 19.7 Å². The maximum Gasteiger partial charge on any atom is 0.191 e. The molecule has 0 radical (unpaired) electrons. The summed E-state index contributed by atoms with van der Waals surface area (Å²) in [6, 6.07) is 6.20. The van der Waals surface area contributed by atoms with E-state index in [0.29, 0.717) is 12.3 Å². The number of rotatable bonds is 9.